The Kier molecular flexibility index (Phi) is 6.06. The Morgan fingerprint density at radius 3 is 2.59 bits per heavy atom. The molecule has 2 N–H and O–H groups in total. The van der Waals surface area contributed by atoms with Gasteiger partial charge in [-0.25, -0.2) is 4.79 Å². The number of nitrogens with zero attached hydrogens (tertiary/aromatic N) is 3. The lowest BCUT2D eigenvalue weighted by Gasteiger charge is -2.42. The van der Waals surface area contributed by atoms with E-state index >= 15 is 0 Å². The Morgan fingerprint density at radius 1 is 1.10 bits per heavy atom. The van der Waals surface area contributed by atoms with Crippen LogP contribution in [-0.2, 0) is 4.79 Å². The Hall–Kier alpha value is -2.12. The molecule has 0 spiro atoms. The number of aliphatic hydroxyl groups excluding tert-OH is 1. The average molecular weight is 401 g/mol. The second-order valence-corrected chi connectivity index (χ2v) is 8.63. The number of hydrogen-bond donors (Lipinski definition) is 2. The van der Waals surface area contributed by atoms with Crippen LogP contribution in [0.25, 0.3) is 0 Å². The van der Waals surface area contributed by atoms with Crippen LogP contribution in [0.3, 0.4) is 0 Å². The summed E-state index contributed by atoms with van der Waals surface area (Å²) in [4.78, 5) is 31.2. The van der Waals surface area contributed by atoms with Gasteiger partial charge in [0.05, 0.1) is 25.2 Å². The normalized spacial score (nSPS) is 26.8. The molecule has 4 rings (SSSR count). The smallest absolute Gasteiger partial charge is 0.321 e. The van der Waals surface area contributed by atoms with Crippen molar-refractivity contribution in [3.63, 3.8) is 0 Å². The van der Waals surface area contributed by atoms with Gasteiger partial charge in [0.15, 0.2) is 0 Å². The highest BCUT2D eigenvalue weighted by atomic mass is 16.3. The molecule has 29 heavy (non-hydrogen) atoms. The van der Waals surface area contributed by atoms with E-state index < -0.39 is 6.10 Å². The molecule has 2 aliphatic heterocycles. The zero-order valence-electron chi connectivity index (χ0n) is 17.2. The maximum absolute atomic E-state index is 12.8. The minimum absolute atomic E-state index is 0.165. The summed E-state index contributed by atoms with van der Waals surface area (Å²) in [6.45, 7) is 4.51. The van der Waals surface area contributed by atoms with Crippen LogP contribution in [0.5, 0.6) is 0 Å². The molecule has 7 heteroatoms. The number of aryl methyl sites for hydroxylation is 1. The van der Waals surface area contributed by atoms with Crippen molar-refractivity contribution in [1.82, 2.24) is 14.7 Å². The summed E-state index contributed by atoms with van der Waals surface area (Å²) >= 11 is 0. The first-order valence-electron chi connectivity index (χ1n) is 10.9. The lowest BCUT2D eigenvalue weighted by atomic mass is 9.93. The average Bonchev–Trinajstić information content (AvgIpc) is 3.12. The van der Waals surface area contributed by atoms with Crippen molar-refractivity contribution >= 4 is 17.6 Å². The molecule has 1 aromatic carbocycles. The summed E-state index contributed by atoms with van der Waals surface area (Å²) in [6.07, 6.45) is 5.30. The number of nitrogens with one attached hydrogen (secondary N) is 1. The van der Waals surface area contributed by atoms with Gasteiger partial charge >= 0.3 is 6.03 Å². The van der Waals surface area contributed by atoms with E-state index in [1.807, 2.05) is 31.2 Å². The molecule has 0 aromatic heterocycles. The number of hydrogen-bond acceptors (Lipinski definition) is 4. The highest BCUT2D eigenvalue weighted by Crippen LogP contribution is 2.26. The van der Waals surface area contributed by atoms with Crippen molar-refractivity contribution in [2.24, 2.45) is 0 Å². The maximum atomic E-state index is 12.8. The molecular formula is C22H32N4O3. The van der Waals surface area contributed by atoms with E-state index in [4.69, 9.17) is 0 Å². The van der Waals surface area contributed by atoms with Gasteiger partial charge in [-0.2, -0.15) is 0 Å². The van der Waals surface area contributed by atoms with Gasteiger partial charge in [0, 0.05) is 31.4 Å². The van der Waals surface area contributed by atoms with E-state index in [-0.39, 0.29) is 18.0 Å². The van der Waals surface area contributed by atoms with Crippen LogP contribution in [0.15, 0.2) is 24.3 Å². The van der Waals surface area contributed by atoms with Crippen molar-refractivity contribution in [2.45, 2.75) is 57.2 Å². The van der Waals surface area contributed by atoms with Gasteiger partial charge in [-0.1, -0.05) is 37.5 Å². The molecule has 2 saturated heterocycles. The van der Waals surface area contributed by atoms with E-state index in [9.17, 15) is 14.7 Å². The fraction of sp³-hybridized carbons (Fsp3) is 0.636. The minimum atomic E-state index is -0.633. The molecule has 3 fully saturated rings. The summed E-state index contributed by atoms with van der Waals surface area (Å²) in [6, 6.07) is 7.66. The molecule has 2 heterocycles. The molecule has 0 unspecified atom stereocenters. The number of urea groups is 1. The van der Waals surface area contributed by atoms with E-state index in [0.717, 1.165) is 37.2 Å². The molecule has 3 amide bonds. The number of aliphatic hydroxyl groups is 1. The molecule has 7 nitrogen and oxygen atoms in total. The number of likely N-dealkylation sites (tertiary alicyclic amines) is 1. The Bertz CT molecular complexity index is 749. The topological polar surface area (TPSA) is 76.1 Å². The molecule has 3 aliphatic rings. The van der Waals surface area contributed by atoms with E-state index in [1.165, 1.54) is 19.3 Å². The highest BCUT2D eigenvalue weighted by Gasteiger charge is 2.41. The lowest BCUT2D eigenvalue weighted by molar-refractivity contribution is -0.141. The van der Waals surface area contributed by atoms with Gasteiger partial charge in [0.2, 0.25) is 5.91 Å². The number of amides is 3. The van der Waals surface area contributed by atoms with Gasteiger partial charge in [0.1, 0.15) is 0 Å². The monoisotopic (exact) mass is 400 g/mol. The minimum Gasteiger partial charge on any atom is -0.390 e. The summed E-state index contributed by atoms with van der Waals surface area (Å²) in [7, 11) is 0. The van der Waals surface area contributed by atoms with Gasteiger partial charge in [-0.15, -0.1) is 0 Å². The molecule has 1 aliphatic carbocycles. The number of rotatable bonds is 3. The first-order chi connectivity index (χ1) is 14.0. The molecule has 158 valence electrons. The molecule has 2 atom stereocenters. The molecule has 1 saturated carbocycles. The zero-order valence-corrected chi connectivity index (χ0v) is 17.2. The highest BCUT2D eigenvalue weighted by molar-refractivity contribution is 5.90. The number of carbonyl (C=O) groups excluding carboxylic acids is 2. The van der Waals surface area contributed by atoms with Crippen molar-refractivity contribution in [3.05, 3.63) is 29.8 Å². The molecular weight excluding hydrogens is 368 g/mol. The van der Waals surface area contributed by atoms with Gasteiger partial charge in [-0.05, 0) is 31.4 Å². The molecule has 0 radical (unpaired) electrons. The SMILES string of the molecule is Cc1ccccc1NC(=O)N1C[C@H](O)[C@@H](N2CCN(C3CCCCC3)C(=O)C2)C1. The predicted octanol–water partition coefficient (Wildman–Crippen LogP) is 2.05. The second-order valence-electron chi connectivity index (χ2n) is 8.63. The standard InChI is InChI=1S/C22H32N4O3/c1-16-7-5-6-10-18(16)23-22(29)25-13-19(20(27)14-25)24-11-12-26(21(28)15-24)17-8-3-2-4-9-17/h5-7,10,17,19-20,27H,2-4,8-9,11-15H2,1H3,(H,23,29)/t19-,20-/m0/s1. The van der Waals surface area contributed by atoms with Gasteiger partial charge in [0.25, 0.3) is 0 Å². The first kappa shape index (κ1) is 20.2. The lowest BCUT2D eigenvalue weighted by Crippen LogP contribution is -2.58. The van der Waals surface area contributed by atoms with Crippen LogP contribution in [0.4, 0.5) is 10.5 Å². The van der Waals surface area contributed by atoms with E-state index in [2.05, 4.69) is 15.1 Å². The van der Waals surface area contributed by atoms with E-state index in [0.29, 0.717) is 25.7 Å². The number of benzene rings is 1. The van der Waals surface area contributed by atoms with Crippen LogP contribution < -0.4 is 5.32 Å². The quantitative estimate of drug-likeness (QED) is 0.814. The summed E-state index contributed by atoms with van der Waals surface area (Å²) in [5, 5.41) is 13.5. The van der Waals surface area contributed by atoms with Gasteiger partial charge < -0.3 is 20.2 Å². The fourth-order valence-electron chi connectivity index (χ4n) is 4.97. The summed E-state index contributed by atoms with van der Waals surface area (Å²) < 4.78 is 0. The van der Waals surface area contributed by atoms with Crippen molar-refractivity contribution < 1.29 is 14.7 Å². The van der Waals surface area contributed by atoms with Gasteiger partial charge in [-0.3, -0.25) is 9.69 Å². The second kappa shape index (κ2) is 8.71. The van der Waals surface area contributed by atoms with Crippen LogP contribution in [0.1, 0.15) is 37.7 Å². The Labute approximate surface area is 172 Å². The van der Waals surface area contributed by atoms with Crippen LogP contribution >= 0.6 is 0 Å². The third-order valence-corrected chi connectivity index (χ3v) is 6.70. The number of carbonyl (C=O) groups is 2. The van der Waals surface area contributed by atoms with E-state index in [1.54, 1.807) is 4.90 Å². The largest absolute Gasteiger partial charge is 0.390 e. The first-order valence-corrected chi connectivity index (χ1v) is 10.9. The zero-order chi connectivity index (χ0) is 20.4. The van der Waals surface area contributed by atoms with Crippen LogP contribution in [-0.4, -0.2) is 82.7 Å². The van der Waals surface area contributed by atoms with Crippen LogP contribution in [0, 0.1) is 6.92 Å². The van der Waals surface area contributed by atoms with Crippen molar-refractivity contribution in [1.29, 1.82) is 0 Å². The van der Waals surface area contributed by atoms with Crippen molar-refractivity contribution in [2.75, 3.05) is 38.0 Å². The Morgan fingerprint density at radius 2 is 1.86 bits per heavy atom. The molecule has 0 bridgehead atoms. The van der Waals surface area contributed by atoms with Crippen molar-refractivity contribution in [3.8, 4) is 0 Å². The number of piperazine rings is 1. The number of anilines is 1. The fourth-order valence-corrected chi connectivity index (χ4v) is 4.97. The summed E-state index contributed by atoms with van der Waals surface area (Å²) in [5.74, 6) is 0.165. The Balaban J connectivity index is 1.33. The third-order valence-electron chi connectivity index (χ3n) is 6.70. The van der Waals surface area contributed by atoms with Crippen LogP contribution in [0.2, 0.25) is 0 Å². The maximum Gasteiger partial charge on any atom is 0.321 e. The third kappa shape index (κ3) is 4.41. The summed E-state index contributed by atoms with van der Waals surface area (Å²) in [5.41, 5.74) is 1.79. The molecule has 1 aromatic rings. The number of β-amino-alcohol motifs (C(OH)–C–C–N with tert-alkyl or cyclic N) is 1. The number of para-hydroxylation sites is 1. The predicted molar refractivity (Wildman–Crippen MR) is 112 cm³/mol.